The Hall–Kier alpha value is -4.39. The van der Waals surface area contributed by atoms with Gasteiger partial charge < -0.3 is 9.64 Å². The number of esters is 1. The summed E-state index contributed by atoms with van der Waals surface area (Å²) in [6.07, 6.45) is 3.14. The zero-order valence-corrected chi connectivity index (χ0v) is 23.7. The van der Waals surface area contributed by atoms with Crippen LogP contribution in [0.15, 0.2) is 109 Å². The summed E-state index contributed by atoms with van der Waals surface area (Å²) in [5.41, 5.74) is 3.54. The molecule has 2 saturated heterocycles. The van der Waals surface area contributed by atoms with E-state index in [1.165, 1.54) is 18.2 Å². The van der Waals surface area contributed by atoms with Crippen molar-refractivity contribution in [3.63, 3.8) is 0 Å². The third-order valence-corrected chi connectivity index (χ3v) is 8.64. The van der Waals surface area contributed by atoms with Crippen molar-refractivity contribution in [2.75, 3.05) is 9.80 Å². The Labute approximate surface area is 252 Å². The van der Waals surface area contributed by atoms with Gasteiger partial charge in [-0.1, -0.05) is 114 Å². The van der Waals surface area contributed by atoms with Gasteiger partial charge in [0.25, 0.3) is 0 Å². The summed E-state index contributed by atoms with van der Waals surface area (Å²) in [6, 6.07) is 29.6. The molecule has 2 amide bonds. The van der Waals surface area contributed by atoms with Crippen LogP contribution in [0.2, 0.25) is 10.0 Å². The Morgan fingerprint density at radius 3 is 1.95 bits per heavy atom. The molecule has 7 rings (SSSR count). The molecule has 0 radical (unpaired) electrons. The van der Waals surface area contributed by atoms with Crippen LogP contribution in [0.4, 0.5) is 11.4 Å². The maximum atomic E-state index is 14.4. The molecule has 3 aliphatic heterocycles. The molecule has 0 saturated carbocycles. The van der Waals surface area contributed by atoms with Gasteiger partial charge in [0.1, 0.15) is 6.04 Å². The van der Waals surface area contributed by atoms with E-state index < -0.39 is 47.8 Å². The van der Waals surface area contributed by atoms with E-state index in [-0.39, 0.29) is 5.69 Å². The molecule has 3 heterocycles. The molecule has 0 aromatic heterocycles. The molecule has 42 heavy (non-hydrogen) atoms. The van der Waals surface area contributed by atoms with Gasteiger partial charge in [0, 0.05) is 15.7 Å². The van der Waals surface area contributed by atoms with Crippen molar-refractivity contribution in [3.05, 3.63) is 136 Å². The van der Waals surface area contributed by atoms with Crippen molar-refractivity contribution < 1.29 is 19.1 Å². The number of halogens is 2. The van der Waals surface area contributed by atoms with E-state index in [1.54, 1.807) is 0 Å². The lowest BCUT2D eigenvalue weighted by molar-refractivity contribution is -0.151. The molecule has 4 aromatic rings. The molecule has 4 atom stereocenters. The fourth-order valence-corrected chi connectivity index (χ4v) is 6.99. The van der Waals surface area contributed by atoms with Crippen LogP contribution < -0.4 is 9.80 Å². The number of rotatable bonds is 5. The molecule has 0 unspecified atom stereocenters. The summed E-state index contributed by atoms with van der Waals surface area (Å²) in [7, 11) is 0. The number of para-hydroxylation sites is 1. The second-order valence-electron chi connectivity index (χ2n) is 10.6. The standard InChI is InChI=1S/C34H24Cl2N2O4/c35-23-17-24(36)19-25(18-23)37-32(39)28-27-16-15-20-9-7-8-14-26(20)38(27)30(29(28)33(37)40)34(41)42-31(21-10-3-1-4-11-21)22-12-5-2-6-13-22/h1-19,27-31H/t27-,28+,29+,30-/m0/s1. The number of ether oxygens (including phenoxy) is 1. The van der Waals surface area contributed by atoms with Crippen molar-refractivity contribution >= 4 is 58.4 Å². The SMILES string of the molecule is O=C(OC(c1ccccc1)c1ccccc1)[C@@H]1[C@@H]2C(=O)N(c3cc(Cl)cc(Cl)c3)C(=O)[C@@H]2[C@@H]2C=Cc3ccccc3N12. The first kappa shape index (κ1) is 26.5. The van der Waals surface area contributed by atoms with E-state index in [1.807, 2.05) is 102 Å². The predicted molar refractivity (Wildman–Crippen MR) is 162 cm³/mol. The first-order valence-electron chi connectivity index (χ1n) is 13.6. The monoisotopic (exact) mass is 594 g/mol. The minimum atomic E-state index is -1.04. The fraction of sp³-hybridized carbons (Fsp3) is 0.147. The smallest absolute Gasteiger partial charge is 0.330 e. The molecule has 208 valence electrons. The van der Waals surface area contributed by atoms with Crippen molar-refractivity contribution in [1.29, 1.82) is 0 Å². The number of carbonyl (C=O) groups is 3. The van der Waals surface area contributed by atoms with Gasteiger partial charge in [-0.05, 0) is 41.0 Å². The molecule has 0 N–H and O–H groups in total. The van der Waals surface area contributed by atoms with Crippen LogP contribution in [0.3, 0.4) is 0 Å². The number of hydrogen-bond acceptors (Lipinski definition) is 5. The Balaban J connectivity index is 1.32. The largest absolute Gasteiger partial charge is 0.451 e. The quantitative estimate of drug-likeness (QED) is 0.190. The average molecular weight is 595 g/mol. The van der Waals surface area contributed by atoms with Crippen LogP contribution in [0.5, 0.6) is 0 Å². The molecule has 0 spiro atoms. The van der Waals surface area contributed by atoms with Crippen LogP contribution in [-0.2, 0) is 19.1 Å². The van der Waals surface area contributed by atoms with E-state index in [4.69, 9.17) is 27.9 Å². The lowest BCUT2D eigenvalue weighted by Gasteiger charge is -2.36. The van der Waals surface area contributed by atoms with Gasteiger partial charge in [0.15, 0.2) is 6.10 Å². The number of imide groups is 1. The lowest BCUT2D eigenvalue weighted by atomic mass is 9.88. The fourth-order valence-electron chi connectivity index (χ4n) is 6.48. The van der Waals surface area contributed by atoms with E-state index in [2.05, 4.69) is 0 Å². The molecule has 0 bridgehead atoms. The van der Waals surface area contributed by atoms with Gasteiger partial charge >= 0.3 is 5.97 Å². The number of benzene rings is 4. The maximum absolute atomic E-state index is 14.4. The third-order valence-electron chi connectivity index (χ3n) is 8.20. The molecule has 4 aromatic carbocycles. The first-order chi connectivity index (χ1) is 20.4. The van der Waals surface area contributed by atoms with Gasteiger partial charge in [0.2, 0.25) is 11.8 Å². The van der Waals surface area contributed by atoms with Gasteiger partial charge in [-0.25, -0.2) is 9.69 Å². The number of amides is 2. The Kier molecular flexibility index (Phi) is 6.60. The Bertz CT molecular complexity index is 1680. The van der Waals surface area contributed by atoms with Crippen LogP contribution in [0.25, 0.3) is 6.08 Å². The van der Waals surface area contributed by atoms with Gasteiger partial charge in [0.05, 0.1) is 23.6 Å². The predicted octanol–water partition coefficient (Wildman–Crippen LogP) is 6.72. The van der Waals surface area contributed by atoms with E-state index in [9.17, 15) is 14.4 Å². The summed E-state index contributed by atoms with van der Waals surface area (Å²) in [5.74, 6) is -3.25. The molecular formula is C34H24Cl2N2O4. The minimum Gasteiger partial charge on any atom is -0.451 e. The van der Waals surface area contributed by atoms with Crippen molar-refractivity contribution in [2.45, 2.75) is 18.2 Å². The highest BCUT2D eigenvalue weighted by Gasteiger charge is 2.65. The lowest BCUT2D eigenvalue weighted by Crippen LogP contribution is -2.49. The molecule has 2 fully saturated rings. The Morgan fingerprint density at radius 1 is 0.738 bits per heavy atom. The molecule has 8 heteroatoms. The zero-order valence-electron chi connectivity index (χ0n) is 22.1. The number of carbonyl (C=O) groups excluding carboxylic acids is 3. The number of fused-ring (bicyclic) bond motifs is 5. The maximum Gasteiger partial charge on any atom is 0.330 e. The Morgan fingerprint density at radius 2 is 1.31 bits per heavy atom. The highest BCUT2D eigenvalue weighted by atomic mass is 35.5. The van der Waals surface area contributed by atoms with E-state index >= 15 is 0 Å². The zero-order chi connectivity index (χ0) is 29.0. The van der Waals surface area contributed by atoms with Gasteiger partial charge in [-0.3, -0.25) is 9.59 Å². The first-order valence-corrected chi connectivity index (χ1v) is 14.4. The van der Waals surface area contributed by atoms with Crippen molar-refractivity contribution in [3.8, 4) is 0 Å². The summed E-state index contributed by atoms with van der Waals surface area (Å²) < 4.78 is 6.31. The van der Waals surface area contributed by atoms with Crippen LogP contribution in [0, 0.1) is 11.8 Å². The van der Waals surface area contributed by atoms with E-state index in [0.29, 0.717) is 10.0 Å². The molecule has 6 nitrogen and oxygen atoms in total. The van der Waals surface area contributed by atoms with Crippen molar-refractivity contribution in [1.82, 2.24) is 0 Å². The molecule has 3 aliphatic rings. The van der Waals surface area contributed by atoms with Crippen LogP contribution >= 0.6 is 23.2 Å². The topological polar surface area (TPSA) is 66.9 Å². The summed E-state index contributed by atoms with van der Waals surface area (Å²) in [4.78, 5) is 45.6. The molecule has 0 aliphatic carbocycles. The summed E-state index contributed by atoms with van der Waals surface area (Å²) in [6.45, 7) is 0. The normalized spacial score (nSPS) is 22.3. The number of anilines is 2. The second-order valence-corrected chi connectivity index (χ2v) is 11.5. The van der Waals surface area contributed by atoms with E-state index in [0.717, 1.165) is 27.3 Å². The van der Waals surface area contributed by atoms with Crippen molar-refractivity contribution in [2.24, 2.45) is 11.8 Å². The third kappa shape index (κ3) is 4.30. The average Bonchev–Trinajstić information content (AvgIpc) is 3.48. The highest BCUT2D eigenvalue weighted by molar-refractivity contribution is 6.36. The van der Waals surface area contributed by atoms with Crippen LogP contribution in [0.1, 0.15) is 22.8 Å². The highest BCUT2D eigenvalue weighted by Crippen LogP contribution is 2.50. The van der Waals surface area contributed by atoms with Crippen LogP contribution in [-0.4, -0.2) is 29.9 Å². The summed E-state index contributed by atoms with van der Waals surface area (Å²) in [5, 5.41) is 0.598. The summed E-state index contributed by atoms with van der Waals surface area (Å²) >= 11 is 12.5. The minimum absolute atomic E-state index is 0.280. The molecular weight excluding hydrogens is 571 g/mol. The number of hydrogen-bond donors (Lipinski definition) is 0. The second kappa shape index (κ2) is 10.5. The van der Waals surface area contributed by atoms with Gasteiger partial charge in [-0.2, -0.15) is 0 Å². The number of nitrogens with zero attached hydrogens (tertiary/aromatic N) is 2. The van der Waals surface area contributed by atoms with Gasteiger partial charge in [-0.15, -0.1) is 0 Å².